The molecule has 178 valence electrons. The summed E-state index contributed by atoms with van der Waals surface area (Å²) < 4.78 is 32.3. The van der Waals surface area contributed by atoms with Gasteiger partial charge in [0.25, 0.3) is 5.69 Å². The summed E-state index contributed by atoms with van der Waals surface area (Å²) in [6, 6.07) is 4.08. The van der Waals surface area contributed by atoms with Crippen LogP contribution in [0.5, 0.6) is 0 Å². The third kappa shape index (κ3) is 5.76. The zero-order chi connectivity index (χ0) is 23.3. The molecule has 11 heteroatoms. The van der Waals surface area contributed by atoms with Crippen molar-refractivity contribution in [2.45, 2.75) is 38.0 Å². The molecule has 0 aromatic heterocycles. The standard InChI is InChI=1S/C21H32N4O6S/c1-16(2)5-8-22-21(26)17-6-9-23(10-7-17)19-4-3-18(15-20(19)25(27)28)32(29,30)24-11-13-31-14-12-24/h3-4,15-17H,5-14H2,1-2H3,(H,22,26). The van der Waals surface area contributed by atoms with Gasteiger partial charge in [-0.25, -0.2) is 8.42 Å². The van der Waals surface area contributed by atoms with E-state index in [4.69, 9.17) is 4.74 Å². The van der Waals surface area contributed by atoms with Gasteiger partial charge < -0.3 is 15.0 Å². The van der Waals surface area contributed by atoms with Crippen LogP contribution in [0.4, 0.5) is 11.4 Å². The minimum absolute atomic E-state index is 0.0340. The first kappa shape index (κ1) is 24.4. The molecule has 0 atom stereocenters. The zero-order valence-electron chi connectivity index (χ0n) is 18.7. The van der Waals surface area contributed by atoms with Gasteiger partial charge >= 0.3 is 0 Å². The molecule has 1 aromatic rings. The highest BCUT2D eigenvalue weighted by molar-refractivity contribution is 7.89. The van der Waals surface area contributed by atoms with Crippen molar-refractivity contribution in [1.82, 2.24) is 9.62 Å². The molecule has 10 nitrogen and oxygen atoms in total. The van der Waals surface area contributed by atoms with Crippen molar-refractivity contribution < 1.29 is 22.9 Å². The topological polar surface area (TPSA) is 122 Å². The zero-order valence-corrected chi connectivity index (χ0v) is 19.5. The van der Waals surface area contributed by atoms with Crippen LogP contribution < -0.4 is 10.2 Å². The number of nitro benzene ring substituents is 1. The number of carbonyl (C=O) groups excluding carboxylic acids is 1. The Hall–Kier alpha value is -2.24. The quantitative estimate of drug-likeness (QED) is 0.457. The predicted octanol–water partition coefficient (Wildman–Crippen LogP) is 1.99. The Morgan fingerprint density at radius 2 is 1.88 bits per heavy atom. The summed E-state index contributed by atoms with van der Waals surface area (Å²) in [6.07, 6.45) is 2.12. The molecule has 0 radical (unpaired) electrons. The first-order valence-corrected chi connectivity index (χ1v) is 12.5. The van der Waals surface area contributed by atoms with E-state index in [-0.39, 0.29) is 35.5 Å². The summed E-state index contributed by atoms with van der Waals surface area (Å²) in [5.41, 5.74) is 0.147. The van der Waals surface area contributed by atoms with Crippen LogP contribution in [0.3, 0.4) is 0 Å². The van der Waals surface area contributed by atoms with Crippen molar-refractivity contribution in [1.29, 1.82) is 0 Å². The molecule has 0 aliphatic carbocycles. The Kier molecular flexibility index (Phi) is 8.07. The average molecular weight is 469 g/mol. The van der Waals surface area contributed by atoms with Crippen LogP contribution in [0.1, 0.15) is 33.1 Å². The number of nitrogens with zero attached hydrogens (tertiary/aromatic N) is 3. The van der Waals surface area contributed by atoms with E-state index in [2.05, 4.69) is 19.2 Å². The number of hydrogen-bond donors (Lipinski definition) is 1. The van der Waals surface area contributed by atoms with E-state index in [0.717, 1.165) is 12.5 Å². The minimum Gasteiger partial charge on any atom is -0.379 e. The molecule has 32 heavy (non-hydrogen) atoms. The maximum atomic E-state index is 12.9. The van der Waals surface area contributed by atoms with Crippen molar-refractivity contribution in [2.75, 3.05) is 50.8 Å². The van der Waals surface area contributed by atoms with Crippen molar-refractivity contribution in [3.8, 4) is 0 Å². The smallest absolute Gasteiger partial charge is 0.293 e. The number of rotatable bonds is 8. The molecule has 1 aromatic carbocycles. The third-order valence-electron chi connectivity index (χ3n) is 5.98. The first-order chi connectivity index (χ1) is 15.2. The molecule has 2 aliphatic rings. The summed E-state index contributed by atoms with van der Waals surface area (Å²) in [5.74, 6) is 0.443. The fourth-order valence-electron chi connectivity index (χ4n) is 4.02. The maximum absolute atomic E-state index is 12.9. The molecule has 2 aliphatic heterocycles. The van der Waals surface area contributed by atoms with E-state index < -0.39 is 14.9 Å². The van der Waals surface area contributed by atoms with E-state index in [1.165, 1.54) is 16.4 Å². The van der Waals surface area contributed by atoms with Crippen molar-refractivity contribution >= 4 is 27.3 Å². The number of nitrogens with one attached hydrogen (secondary N) is 1. The number of ether oxygens (including phenoxy) is 1. The van der Waals surface area contributed by atoms with Crippen LogP contribution in [0.25, 0.3) is 0 Å². The van der Waals surface area contributed by atoms with E-state index in [0.29, 0.717) is 57.3 Å². The monoisotopic (exact) mass is 468 g/mol. The van der Waals surface area contributed by atoms with Gasteiger partial charge in [-0.15, -0.1) is 0 Å². The molecule has 0 unspecified atom stereocenters. The summed E-state index contributed by atoms with van der Waals surface area (Å²) in [7, 11) is -3.82. The summed E-state index contributed by atoms with van der Waals surface area (Å²) >= 11 is 0. The highest BCUT2D eigenvalue weighted by Gasteiger charge is 2.32. The Morgan fingerprint density at radius 3 is 2.47 bits per heavy atom. The molecule has 0 bridgehead atoms. The number of nitro groups is 1. The van der Waals surface area contributed by atoms with Gasteiger partial charge in [0.1, 0.15) is 5.69 Å². The molecule has 1 N–H and O–H groups in total. The SMILES string of the molecule is CC(C)CCNC(=O)C1CCN(c2ccc(S(=O)(=O)N3CCOCC3)cc2[N+](=O)[O-])CC1. The van der Waals surface area contributed by atoms with Crippen LogP contribution in [0, 0.1) is 22.0 Å². The molecular formula is C21H32N4O6S. The summed E-state index contributed by atoms with van der Waals surface area (Å²) in [4.78, 5) is 25.4. The number of carbonyl (C=O) groups is 1. The second-order valence-corrected chi connectivity index (χ2v) is 10.6. The van der Waals surface area contributed by atoms with E-state index in [9.17, 15) is 23.3 Å². The Bertz CT molecular complexity index is 922. The number of hydrogen-bond acceptors (Lipinski definition) is 7. The van der Waals surface area contributed by atoms with Gasteiger partial charge in [0.15, 0.2) is 0 Å². The van der Waals surface area contributed by atoms with Crippen LogP contribution >= 0.6 is 0 Å². The number of anilines is 1. The van der Waals surface area contributed by atoms with Crippen molar-refractivity contribution in [3.63, 3.8) is 0 Å². The van der Waals surface area contributed by atoms with Crippen LogP contribution in [-0.2, 0) is 19.6 Å². The molecule has 3 rings (SSSR count). The molecular weight excluding hydrogens is 436 g/mol. The number of sulfonamides is 1. The number of piperidine rings is 1. The third-order valence-corrected chi connectivity index (χ3v) is 7.87. The van der Waals surface area contributed by atoms with Crippen molar-refractivity contribution in [3.05, 3.63) is 28.3 Å². The molecule has 0 saturated carbocycles. The van der Waals surface area contributed by atoms with E-state index in [1.54, 1.807) is 0 Å². The second kappa shape index (κ2) is 10.6. The Morgan fingerprint density at radius 1 is 1.22 bits per heavy atom. The Balaban J connectivity index is 1.69. The van der Waals surface area contributed by atoms with Crippen molar-refractivity contribution in [2.24, 2.45) is 11.8 Å². The van der Waals surface area contributed by atoms with Gasteiger partial charge in [-0.1, -0.05) is 13.8 Å². The van der Waals surface area contributed by atoms with Gasteiger partial charge in [-0.3, -0.25) is 14.9 Å². The van der Waals surface area contributed by atoms with Gasteiger partial charge in [-0.05, 0) is 37.3 Å². The average Bonchev–Trinajstić information content (AvgIpc) is 2.79. The van der Waals surface area contributed by atoms with Crippen LogP contribution in [0.2, 0.25) is 0 Å². The fraction of sp³-hybridized carbons (Fsp3) is 0.667. The molecule has 2 saturated heterocycles. The van der Waals surface area contributed by atoms with Gasteiger partial charge in [0.05, 0.1) is 23.0 Å². The lowest BCUT2D eigenvalue weighted by Gasteiger charge is -2.33. The van der Waals surface area contributed by atoms with Gasteiger partial charge in [0.2, 0.25) is 15.9 Å². The first-order valence-electron chi connectivity index (χ1n) is 11.1. The molecule has 0 spiro atoms. The fourth-order valence-corrected chi connectivity index (χ4v) is 5.45. The summed E-state index contributed by atoms with van der Waals surface area (Å²) in [5, 5.41) is 14.7. The number of benzene rings is 1. The molecule has 2 heterocycles. The lowest BCUT2D eigenvalue weighted by Crippen LogP contribution is -2.41. The minimum atomic E-state index is -3.82. The highest BCUT2D eigenvalue weighted by atomic mass is 32.2. The summed E-state index contributed by atoms with van der Waals surface area (Å²) in [6.45, 7) is 6.93. The maximum Gasteiger partial charge on any atom is 0.293 e. The van der Waals surface area contributed by atoms with Gasteiger partial charge in [-0.2, -0.15) is 4.31 Å². The normalized spacial score (nSPS) is 18.7. The number of morpholine rings is 1. The predicted molar refractivity (Wildman–Crippen MR) is 120 cm³/mol. The van der Waals surface area contributed by atoms with E-state index in [1.807, 2.05) is 4.90 Å². The number of amides is 1. The van der Waals surface area contributed by atoms with Gasteiger partial charge in [0, 0.05) is 44.7 Å². The lowest BCUT2D eigenvalue weighted by atomic mass is 9.95. The van der Waals surface area contributed by atoms with E-state index >= 15 is 0 Å². The van der Waals surface area contributed by atoms with Crippen LogP contribution in [0.15, 0.2) is 23.1 Å². The second-order valence-electron chi connectivity index (χ2n) is 8.66. The molecule has 2 fully saturated rings. The Labute approximate surface area is 189 Å². The molecule has 1 amide bonds. The highest BCUT2D eigenvalue weighted by Crippen LogP contribution is 2.34. The lowest BCUT2D eigenvalue weighted by molar-refractivity contribution is -0.384. The van der Waals surface area contributed by atoms with Crippen LogP contribution in [-0.4, -0.2) is 69.5 Å². The largest absolute Gasteiger partial charge is 0.379 e.